The number of hydrogen-bond acceptors (Lipinski definition) is 7. The van der Waals surface area contributed by atoms with Crippen LogP contribution in [0.25, 0.3) is 0 Å². The standard InChI is InChI=1S/C22H23FN6O2S/c1-15-18(20(31)27-22(26-15)32-14-16-3-5-17(23)6-4-16)13-19(30)28-9-11-29(12-10-28)21-24-7-2-8-25-21/h2-8H,9-14H2,1H3,(H,26,27,31). The highest BCUT2D eigenvalue weighted by molar-refractivity contribution is 7.98. The van der Waals surface area contributed by atoms with Crippen molar-refractivity contribution in [2.45, 2.75) is 24.3 Å². The molecule has 2 aromatic heterocycles. The summed E-state index contributed by atoms with van der Waals surface area (Å²) in [5.74, 6) is 0.826. The molecule has 32 heavy (non-hydrogen) atoms. The first-order valence-corrected chi connectivity index (χ1v) is 11.2. The van der Waals surface area contributed by atoms with Crippen LogP contribution >= 0.6 is 11.8 Å². The van der Waals surface area contributed by atoms with Crippen LogP contribution in [0.2, 0.25) is 0 Å². The van der Waals surface area contributed by atoms with Gasteiger partial charge in [0, 0.05) is 55.6 Å². The third kappa shape index (κ3) is 5.31. The Hall–Kier alpha value is -3.27. The molecule has 0 saturated carbocycles. The second kappa shape index (κ2) is 9.90. The van der Waals surface area contributed by atoms with Crippen LogP contribution in [0.4, 0.5) is 10.3 Å². The van der Waals surface area contributed by atoms with Gasteiger partial charge in [-0.25, -0.2) is 19.3 Å². The average Bonchev–Trinajstić information content (AvgIpc) is 2.81. The molecule has 166 valence electrons. The summed E-state index contributed by atoms with van der Waals surface area (Å²) in [4.78, 5) is 44.9. The number of hydrogen-bond donors (Lipinski definition) is 1. The molecular weight excluding hydrogens is 431 g/mol. The van der Waals surface area contributed by atoms with E-state index in [9.17, 15) is 14.0 Å². The number of rotatable bonds is 6. The van der Waals surface area contributed by atoms with Gasteiger partial charge in [0.25, 0.3) is 5.56 Å². The van der Waals surface area contributed by atoms with Gasteiger partial charge >= 0.3 is 0 Å². The topological polar surface area (TPSA) is 95.1 Å². The largest absolute Gasteiger partial charge is 0.339 e. The van der Waals surface area contributed by atoms with Crippen LogP contribution in [0.1, 0.15) is 16.8 Å². The molecule has 1 amide bonds. The minimum absolute atomic E-state index is 0.0128. The first-order valence-electron chi connectivity index (χ1n) is 10.3. The lowest BCUT2D eigenvalue weighted by atomic mass is 10.1. The van der Waals surface area contributed by atoms with Crippen molar-refractivity contribution in [2.24, 2.45) is 0 Å². The summed E-state index contributed by atoms with van der Waals surface area (Å²) in [6.07, 6.45) is 3.41. The lowest BCUT2D eigenvalue weighted by molar-refractivity contribution is -0.130. The molecule has 0 spiro atoms. The highest BCUT2D eigenvalue weighted by Crippen LogP contribution is 2.19. The maximum Gasteiger partial charge on any atom is 0.255 e. The molecule has 1 aliphatic heterocycles. The third-order valence-electron chi connectivity index (χ3n) is 5.28. The third-order valence-corrected chi connectivity index (χ3v) is 6.23. The number of H-pyrrole nitrogens is 1. The van der Waals surface area contributed by atoms with Crippen molar-refractivity contribution >= 4 is 23.6 Å². The fourth-order valence-electron chi connectivity index (χ4n) is 3.47. The van der Waals surface area contributed by atoms with Gasteiger partial charge in [-0.15, -0.1) is 0 Å². The summed E-state index contributed by atoms with van der Waals surface area (Å²) in [7, 11) is 0. The van der Waals surface area contributed by atoms with Gasteiger partial charge in [0.05, 0.1) is 6.42 Å². The fourth-order valence-corrected chi connectivity index (χ4v) is 4.33. The van der Waals surface area contributed by atoms with Gasteiger partial charge in [0.1, 0.15) is 5.82 Å². The Labute approximate surface area is 188 Å². The van der Waals surface area contributed by atoms with Gasteiger partial charge in [-0.1, -0.05) is 23.9 Å². The Morgan fingerprint density at radius 2 is 1.81 bits per heavy atom. The predicted octanol–water partition coefficient (Wildman–Crippen LogP) is 2.19. The number of thioether (sulfide) groups is 1. The zero-order valence-electron chi connectivity index (χ0n) is 17.6. The molecule has 0 unspecified atom stereocenters. The molecule has 1 saturated heterocycles. The Morgan fingerprint density at radius 1 is 1.12 bits per heavy atom. The number of anilines is 1. The van der Waals surface area contributed by atoms with Crippen LogP contribution in [-0.4, -0.2) is 56.9 Å². The second-order valence-corrected chi connectivity index (χ2v) is 8.41. The molecule has 0 aliphatic carbocycles. The Balaban J connectivity index is 1.35. The number of halogens is 1. The molecular formula is C22H23FN6O2S. The summed E-state index contributed by atoms with van der Waals surface area (Å²) in [5, 5.41) is 0.476. The first-order chi connectivity index (χ1) is 15.5. The lowest BCUT2D eigenvalue weighted by Gasteiger charge is -2.34. The number of carbonyl (C=O) groups excluding carboxylic acids is 1. The molecule has 1 fully saturated rings. The fraction of sp³-hybridized carbons (Fsp3) is 0.318. The van der Waals surface area contributed by atoms with E-state index in [1.165, 1.54) is 23.9 Å². The number of aromatic amines is 1. The van der Waals surface area contributed by atoms with Crippen molar-refractivity contribution < 1.29 is 9.18 Å². The maximum absolute atomic E-state index is 13.0. The molecule has 0 radical (unpaired) electrons. The number of carbonyl (C=O) groups is 1. The zero-order chi connectivity index (χ0) is 22.5. The minimum atomic E-state index is -0.302. The lowest BCUT2D eigenvalue weighted by Crippen LogP contribution is -2.50. The van der Waals surface area contributed by atoms with Gasteiger partial charge < -0.3 is 14.8 Å². The van der Waals surface area contributed by atoms with E-state index in [4.69, 9.17) is 0 Å². The molecule has 4 rings (SSSR count). The van der Waals surface area contributed by atoms with Gasteiger partial charge in [-0.3, -0.25) is 9.59 Å². The van der Waals surface area contributed by atoms with E-state index >= 15 is 0 Å². The van der Waals surface area contributed by atoms with Crippen LogP contribution < -0.4 is 10.5 Å². The Morgan fingerprint density at radius 3 is 2.47 bits per heavy atom. The highest BCUT2D eigenvalue weighted by atomic mass is 32.2. The summed E-state index contributed by atoms with van der Waals surface area (Å²) in [6, 6.07) is 7.97. The Kier molecular flexibility index (Phi) is 6.79. The highest BCUT2D eigenvalue weighted by Gasteiger charge is 2.24. The average molecular weight is 455 g/mol. The summed E-state index contributed by atoms with van der Waals surface area (Å²) in [5.41, 5.74) is 1.55. The number of amides is 1. The summed E-state index contributed by atoms with van der Waals surface area (Å²) >= 11 is 1.36. The molecule has 1 aliphatic rings. The van der Waals surface area contributed by atoms with Crippen LogP contribution in [0.15, 0.2) is 52.7 Å². The van der Waals surface area contributed by atoms with Crippen molar-refractivity contribution in [1.29, 1.82) is 0 Å². The minimum Gasteiger partial charge on any atom is -0.339 e. The van der Waals surface area contributed by atoms with Gasteiger partial charge in [0.2, 0.25) is 11.9 Å². The van der Waals surface area contributed by atoms with E-state index in [1.54, 1.807) is 42.4 Å². The number of aromatic nitrogens is 4. The molecule has 8 nitrogen and oxygen atoms in total. The monoisotopic (exact) mass is 454 g/mol. The SMILES string of the molecule is Cc1nc(SCc2ccc(F)cc2)[nH]c(=O)c1CC(=O)N1CCN(c2ncccn2)CC1. The van der Waals surface area contributed by atoms with Crippen molar-refractivity contribution in [3.8, 4) is 0 Å². The van der Waals surface area contributed by atoms with E-state index in [1.807, 2.05) is 4.90 Å². The number of aryl methyl sites for hydroxylation is 1. The van der Waals surface area contributed by atoms with Crippen molar-refractivity contribution in [3.05, 3.63) is 75.7 Å². The van der Waals surface area contributed by atoms with Crippen LogP contribution in [-0.2, 0) is 17.0 Å². The quantitative estimate of drug-likeness (QED) is 0.451. The number of nitrogens with zero attached hydrogens (tertiary/aromatic N) is 5. The van der Waals surface area contributed by atoms with Crippen LogP contribution in [0.5, 0.6) is 0 Å². The predicted molar refractivity (Wildman–Crippen MR) is 120 cm³/mol. The van der Waals surface area contributed by atoms with Crippen molar-refractivity contribution in [2.75, 3.05) is 31.1 Å². The number of piperazine rings is 1. The zero-order valence-corrected chi connectivity index (χ0v) is 18.4. The normalized spacial score (nSPS) is 13.9. The van der Waals surface area contributed by atoms with Crippen molar-refractivity contribution in [3.63, 3.8) is 0 Å². The van der Waals surface area contributed by atoms with E-state index in [0.29, 0.717) is 54.3 Å². The first kappa shape index (κ1) is 21.9. The van der Waals surface area contributed by atoms with Crippen LogP contribution in [0.3, 0.4) is 0 Å². The molecule has 3 aromatic rings. The van der Waals surface area contributed by atoms with Gasteiger partial charge in [-0.2, -0.15) is 0 Å². The number of benzene rings is 1. The van der Waals surface area contributed by atoms with E-state index < -0.39 is 0 Å². The summed E-state index contributed by atoms with van der Waals surface area (Å²) < 4.78 is 13.0. The van der Waals surface area contributed by atoms with Crippen molar-refractivity contribution in [1.82, 2.24) is 24.8 Å². The van der Waals surface area contributed by atoms with E-state index in [-0.39, 0.29) is 23.7 Å². The Bertz CT molecular complexity index is 1130. The smallest absolute Gasteiger partial charge is 0.255 e. The van der Waals surface area contributed by atoms with Gasteiger partial charge in [0.15, 0.2) is 5.16 Å². The number of nitrogens with one attached hydrogen (secondary N) is 1. The second-order valence-electron chi connectivity index (χ2n) is 7.44. The van der Waals surface area contributed by atoms with E-state index in [2.05, 4.69) is 19.9 Å². The maximum atomic E-state index is 13.0. The van der Waals surface area contributed by atoms with Crippen LogP contribution in [0, 0.1) is 12.7 Å². The molecule has 0 bridgehead atoms. The molecule has 1 aromatic carbocycles. The van der Waals surface area contributed by atoms with Gasteiger partial charge in [-0.05, 0) is 30.7 Å². The molecule has 3 heterocycles. The molecule has 10 heteroatoms. The molecule has 0 atom stereocenters. The van der Waals surface area contributed by atoms with E-state index in [0.717, 1.165) is 5.56 Å². The summed E-state index contributed by atoms with van der Waals surface area (Å²) in [6.45, 7) is 4.12. The molecule has 1 N–H and O–H groups in total.